The third-order valence-electron chi connectivity index (χ3n) is 2.29. The molecule has 1 fully saturated rings. The van der Waals surface area contributed by atoms with Crippen molar-refractivity contribution in [1.82, 2.24) is 13.6 Å². The van der Waals surface area contributed by atoms with Crippen LogP contribution in [0, 0.1) is 0 Å². The number of hydrogen-bond acceptors (Lipinski definition) is 5. The smallest absolute Gasteiger partial charge is 0.275 e. The number of ether oxygens (including phenoxy) is 1. The van der Waals surface area contributed by atoms with Crippen LogP contribution >= 0.6 is 11.7 Å². The first-order valence-corrected chi connectivity index (χ1v) is 5.62. The lowest BCUT2D eigenvalue weighted by Gasteiger charge is -2.34. The van der Waals surface area contributed by atoms with E-state index in [-0.39, 0.29) is 18.1 Å². The zero-order valence-corrected chi connectivity index (χ0v) is 9.53. The summed E-state index contributed by atoms with van der Waals surface area (Å²) in [6, 6.07) is 0. The highest BCUT2D eigenvalue weighted by Gasteiger charge is 2.27. The molecule has 0 aromatic carbocycles. The van der Waals surface area contributed by atoms with Crippen molar-refractivity contribution in [3.8, 4) is 0 Å². The third kappa shape index (κ3) is 2.32. The third-order valence-corrected chi connectivity index (χ3v) is 2.77. The molecule has 82 valence electrons. The number of morpholine rings is 1. The molecule has 1 aliphatic heterocycles. The first-order chi connectivity index (χ1) is 7.16. The van der Waals surface area contributed by atoms with Crippen molar-refractivity contribution in [2.75, 3.05) is 13.1 Å². The van der Waals surface area contributed by atoms with Gasteiger partial charge in [0, 0.05) is 13.1 Å². The van der Waals surface area contributed by atoms with E-state index < -0.39 is 0 Å². The second kappa shape index (κ2) is 4.24. The summed E-state index contributed by atoms with van der Waals surface area (Å²) in [5, 5.41) is 0. The van der Waals surface area contributed by atoms with Crippen molar-refractivity contribution >= 4 is 17.6 Å². The minimum atomic E-state index is -0.0502. The van der Waals surface area contributed by atoms with Gasteiger partial charge in [-0.15, -0.1) is 0 Å². The fourth-order valence-corrected chi connectivity index (χ4v) is 2.17. The fourth-order valence-electron chi connectivity index (χ4n) is 1.76. The predicted molar refractivity (Wildman–Crippen MR) is 55.8 cm³/mol. The lowest BCUT2D eigenvalue weighted by Crippen LogP contribution is -2.48. The molecule has 2 heterocycles. The molecule has 1 aromatic rings. The number of nitrogens with zero attached hydrogens (tertiary/aromatic N) is 3. The maximum absolute atomic E-state index is 11.9. The van der Waals surface area contributed by atoms with Gasteiger partial charge in [-0.1, -0.05) is 0 Å². The van der Waals surface area contributed by atoms with Crippen LogP contribution < -0.4 is 0 Å². The molecule has 0 N–H and O–H groups in total. The molecule has 0 saturated carbocycles. The molecule has 0 bridgehead atoms. The standard InChI is InChI=1S/C9H13N3O2S/c1-6-4-12(5-7(2)14-6)9(13)8-3-10-15-11-8/h3,6-7H,4-5H2,1-2H3/t6-,7+. The van der Waals surface area contributed by atoms with Gasteiger partial charge in [-0.25, -0.2) is 0 Å². The van der Waals surface area contributed by atoms with E-state index in [9.17, 15) is 4.79 Å². The van der Waals surface area contributed by atoms with E-state index in [4.69, 9.17) is 4.74 Å². The van der Waals surface area contributed by atoms with Crippen LogP contribution in [0.4, 0.5) is 0 Å². The summed E-state index contributed by atoms with van der Waals surface area (Å²) in [6.45, 7) is 5.19. The summed E-state index contributed by atoms with van der Waals surface area (Å²) in [4.78, 5) is 13.7. The van der Waals surface area contributed by atoms with Crippen molar-refractivity contribution < 1.29 is 9.53 Å². The Morgan fingerprint density at radius 2 is 2.20 bits per heavy atom. The highest BCUT2D eigenvalue weighted by Crippen LogP contribution is 2.13. The Labute approximate surface area is 92.4 Å². The Bertz CT molecular complexity index is 331. The number of rotatable bonds is 1. The van der Waals surface area contributed by atoms with Crippen molar-refractivity contribution in [3.05, 3.63) is 11.9 Å². The monoisotopic (exact) mass is 227 g/mol. The first-order valence-electron chi connectivity index (χ1n) is 4.89. The van der Waals surface area contributed by atoms with Gasteiger partial charge >= 0.3 is 0 Å². The van der Waals surface area contributed by atoms with Crippen molar-refractivity contribution in [2.45, 2.75) is 26.1 Å². The molecule has 5 nitrogen and oxygen atoms in total. The second-order valence-electron chi connectivity index (χ2n) is 3.76. The Morgan fingerprint density at radius 1 is 1.53 bits per heavy atom. The predicted octanol–water partition coefficient (Wildman–Crippen LogP) is 0.787. The summed E-state index contributed by atoms with van der Waals surface area (Å²) < 4.78 is 13.3. The van der Waals surface area contributed by atoms with Gasteiger partial charge in [0.25, 0.3) is 5.91 Å². The van der Waals surface area contributed by atoms with Crippen LogP contribution in [0.2, 0.25) is 0 Å². The molecular weight excluding hydrogens is 214 g/mol. The van der Waals surface area contributed by atoms with Gasteiger partial charge in [-0.2, -0.15) is 8.75 Å². The second-order valence-corrected chi connectivity index (χ2v) is 4.32. The molecule has 6 heteroatoms. The molecule has 2 atom stereocenters. The SMILES string of the molecule is C[C@@H]1CN(C(=O)c2cnsn2)C[C@H](C)O1. The molecule has 0 spiro atoms. The van der Waals surface area contributed by atoms with Gasteiger partial charge in [0.2, 0.25) is 0 Å². The number of amides is 1. The van der Waals surface area contributed by atoms with Crippen LogP contribution in [-0.4, -0.2) is 44.9 Å². The van der Waals surface area contributed by atoms with Crippen LogP contribution in [0.5, 0.6) is 0 Å². The summed E-state index contributed by atoms with van der Waals surface area (Å²) in [6.07, 6.45) is 1.69. The van der Waals surface area contributed by atoms with E-state index in [1.807, 2.05) is 13.8 Å². The number of carbonyl (C=O) groups excluding carboxylic acids is 1. The maximum atomic E-state index is 11.9. The Hall–Kier alpha value is -1.01. The normalized spacial score (nSPS) is 26.7. The van der Waals surface area contributed by atoms with Crippen LogP contribution in [0.25, 0.3) is 0 Å². The maximum Gasteiger partial charge on any atom is 0.275 e. The van der Waals surface area contributed by atoms with Crippen LogP contribution in [0.1, 0.15) is 24.3 Å². The van der Waals surface area contributed by atoms with Crippen molar-refractivity contribution in [2.24, 2.45) is 0 Å². The van der Waals surface area contributed by atoms with Gasteiger partial charge in [-0.3, -0.25) is 4.79 Å². The van der Waals surface area contributed by atoms with E-state index in [2.05, 4.69) is 8.75 Å². The van der Waals surface area contributed by atoms with Gasteiger partial charge in [0.05, 0.1) is 30.1 Å². The lowest BCUT2D eigenvalue weighted by atomic mass is 10.2. The highest BCUT2D eigenvalue weighted by molar-refractivity contribution is 6.99. The average Bonchev–Trinajstić information content (AvgIpc) is 2.67. The molecule has 0 radical (unpaired) electrons. The Morgan fingerprint density at radius 3 is 2.73 bits per heavy atom. The molecule has 1 aliphatic rings. The summed E-state index contributed by atoms with van der Waals surface area (Å²) in [5.41, 5.74) is 0.432. The summed E-state index contributed by atoms with van der Waals surface area (Å²) in [7, 11) is 0. The van der Waals surface area contributed by atoms with E-state index in [1.54, 1.807) is 4.90 Å². The minimum absolute atomic E-state index is 0.0502. The number of aromatic nitrogens is 2. The van der Waals surface area contributed by atoms with Gasteiger partial charge in [0.15, 0.2) is 5.69 Å². The Balaban J connectivity index is 2.07. The van der Waals surface area contributed by atoms with Crippen molar-refractivity contribution in [3.63, 3.8) is 0 Å². The molecule has 0 aliphatic carbocycles. The molecule has 1 saturated heterocycles. The van der Waals surface area contributed by atoms with Gasteiger partial charge < -0.3 is 9.64 Å². The zero-order valence-electron chi connectivity index (χ0n) is 8.71. The minimum Gasteiger partial charge on any atom is -0.372 e. The van der Waals surface area contributed by atoms with E-state index in [0.29, 0.717) is 18.8 Å². The van der Waals surface area contributed by atoms with Gasteiger partial charge in [0.1, 0.15) is 0 Å². The zero-order chi connectivity index (χ0) is 10.8. The quantitative estimate of drug-likeness (QED) is 0.711. The molecule has 1 aromatic heterocycles. The van der Waals surface area contributed by atoms with Crippen LogP contribution in [0.15, 0.2) is 6.20 Å². The number of hydrogen-bond donors (Lipinski definition) is 0. The molecule has 1 amide bonds. The van der Waals surface area contributed by atoms with Crippen molar-refractivity contribution in [1.29, 1.82) is 0 Å². The summed E-state index contributed by atoms with van der Waals surface area (Å²) >= 11 is 1.05. The van der Waals surface area contributed by atoms with E-state index in [1.165, 1.54) is 6.20 Å². The van der Waals surface area contributed by atoms with Crippen LogP contribution in [-0.2, 0) is 4.74 Å². The number of carbonyl (C=O) groups is 1. The molecular formula is C9H13N3O2S. The molecule has 15 heavy (non-hydrogen) atoms. The van der Waals surface area contributed by atoms with Crippen LogP contribution in [0.3, 0.4) is 0 Å². The van der Waals surface area contributed by atoms with Gasteiger partial charge in [-0.05, 0) is 13.8 Å². The fraction of sp³-hybridized carbons (Fsp3) is 0.667. The lowest BCUT2D eigenvalue weighted by molar-refractivity contribution is -0.0587. The van der Waals surface area contributed by atoms with E-state index in [0.717, 1.165) is 11.7 Å². The molecule has 0 unspecified atom stereocenters. The summed E-state index contributed by atoms with van der Waals surface area (Å²) in [5.74, 6) is -0.0502. The first kappa shape index (κ1) is 10.5. The largest absolute Gasteiger partial charge is 0.372 e. The Kier molecular flexibility index (Phi) is 2.97. The highest BCUT2D eigenvalue weighted by atomic mass is 32.1. The average molecular weight is 227 g/mol. The topological polar surface area (TPSA) is 55.3 Å². The molecule has 2 rings (SSSR count). The van der Waals surface area contributed by atoms with E-state index >= 15 is 0 Å².